The Hall–Kier alpha value is -3.39. The number of benzene rings is 2. The fourth-order valence-corrected chi connectivity index (χ4v) is 4.77. The molecule has 3 N–H and O–H groups in total. The van der Waals surface area contributed by atoms with Crippen LogP contribution < -0.4 is 20.5 Å². The van der Waals surface area contributed by atoms with Crippen LogP contribution in [0.25, 0.3) is 0 Å². The van der Waals surface area contributed by atoms with Gasteiger partial charge in [-0.2, -0.15) is 0 Å². The van der Waals surface area contributed by atoms with E-state index in [0.717, 1.165) is 47.1 Å². The first-order valence-electron chi connectivity index (χ1n) is 13.0. The highest BCUT2D eigenvalue weighted by Gasteiger charge is 2.36. The monoisotopic (exact) mass is 509 g/mol. The minimum atomic E-state index is -0.785. The lowest BCUT2D eigenvalue weighted by atomic mass is 9.91. The average molecular weight is 510 g/mol. The number of rotatable bonds is 10. The first-order valence-corrected chi connectivity index (χ1v) is 13.0. The van der Waals surface area contributed by atoms with Crippen LogP contribution in [0.2, 0.25) is 0 Å². The molecule has 0 fully saturated rings. The van der Waals surface area contributed by atoms with Gasteiger partial charge in [0.25, 0.3) is 5.91 Å². The predicted octanol–water partition coefficient (Wildman–Crippen LogP) is 4.52. The molecule has 8 heteroatoms. The van der Waals surface area contributed by atoms with E-state index in [0.29, 0.717) is 49.7 Å². The Morgan fingerprint density at radius 1 is 1.11 bits per heavy atom. The van der Waals surface area contributed by atoms with E-state index in [1.54, 1.807) is 11.0 Å². The third-order valence-corrected chi connectivity index (χ3v) is 6.82. The van der Waals surface area contributed by atoms with Crippen LogP contribution in [-0.2, 0) is 20.8 Å². The minimum Gasteiger partial charge on any atom is -0.492 e. The van der Waals surface area contributed by atoms with Gasteiger partial charge in [0, 0.05) is 32.1 Å². The Kier molecular flexibility index (Phi) is 9.69. The summed E-state index contributed by atoms with van der Waals surface area (Å²) < 4.78 is 11.1. The van der Waals surface area contributed by atoms with Gasteiger partial charge >= 0.3 is 5.97 Å². The lowest BCUT2D eigenvalue weighted by Crippen LogP contribution is -2.45. The number of esters is 1. The number of nitrogens with zero attached hydrogens (tertiary/aromatic N) is 1. The number of unbranched alkanes of at least 4 members (excludes halogenated alkanes) is 2. The minimum absolute atomic E-state index is 0.0261. The van der Waals surface area contributed by atoms with Gasteiger partial charge in [-0.25, -0.2) is 0 Å². The number of carbonyl (C=O) groups is 3. The van der Waals surface area contributed by atoms with E-state index >= 15 is 0 Å². The highest BCUT2D eigenvalue weighted by atomic mass is 16.5. The topological polar surface area (TPSA) is 111 Å². The van der Waals surface area contributed by atoms with Gasteiger partial charge in [-0.3, -0.25) is 14.4 Å². The zero-order chi connectivity index (χ0) is 27.1. The molecule has 1 unspecified atom stereocenters. The zero-order valence-corrected chi connectivity index (χ0v) is 22.6. The van der Waals surface area contributed by atoms with Crippen LogP contribution in [-0.4, -0.2) is 42.4 Å². The molecule has 1 heterocycles. The van der Waals surface area contributed by atoms with Gasteiger partial charge in [-0.15, -0.1) is 0 Å². The SMILES string of the molecule is CCCCCC(=O)N1CCc2ccc(OCCN)cc2C1C(=O)Nc1cc(C)c(OC(C)=O)c(C)c1C. The molecule has 8 nitrogen and oxygen atoms in total. The smallest absolute Gasteiger partial charge is 0.308 e. The summed E-state index contributed by atoms with van der Waals surface area (Å²) >= 11 is 0. The number of hydrogen-bond donors (Lipinski definition) is 2. The second-order valence-corrected chi connectivity index (χ2v) is 9.60. The molecule has 1 atom stereocenters. The number of carbonyl (C=O) groups excluding carboxylic acids is 3. The number of nitrogens with one attached hydrogen (secondary N) is 1. The van der Waals surface area contributed by atoms with E-state index in [1.807, 2.05) is 39.0 Å². The number of anilines is 1. The molecule has 0 bridgehead atoms. The maximum absolute atomic E-state index is 13.9. The van der Waals surface area contributed by atoms with Crippen molar-refractivity contribution in [2.45, 2.75) is 72.8 Å². The molecule has 200 valence electrons. The fraction of sp³-hybridized carbons (Fsp3) is 0.483. The van der Waals surface area contributed by atoms with Crippen molar-refractivity contribution in [1.82, 2.24) is 4.90 Å². The van der Waals surface area contributed by atoms with Crippen LogP contribution in [0.15, 0.2) is 24.3 Å². The average Bonchev–Trinajstić information content (AvgIpc) is 2.87. The number of fused-ring (bicyclic) bond motifs is 1. The summed E-state index contributed by atoms with van der Waals surface area (Å²) in [5.41, 5.74) is 10.3. The summed E-state index contributed by atoms with van der Waals surface area (Å²) in [5.74, 6) is 0.409. The summed E-state index contributed by atoms with van der Waals surface area (Å²) in [5, 5.41) is 3.06. The Balaban J connectivity index is 1.98. The van der Waals surface area contributed by atoms with E-state index in [9.17, 15) is 14.4 Å². The van der Waals surface area contributed by atoms with Crippen molar-refractivity contribution in [3.63, 3.8) is 0 Å². The molecule has 0 aromatic heterocycles. The molecule has 0 spiro atoms. The summed E-state index contributed by atoms with van der Waals surface area (Å²) in [6.07, 6.45) is 3.86. The van der Waals surface area contributed by atoms with Gasteiger partial charge in [-0.1, -0.05) is 25.8 Å². The molecular weight excluding hydrogens is 470 g/mol. The maximum Gasteiger partial charge on any atom is 0.308 e. The van der Waals surface area contributed by atoms with Crippen LogP contribution in [0.4, 0.5) is 5.69 Å². The summed E-state index contributed by atoms with van der Waals surface area (Å²) in [4.78, 5) is 40.4. The van der Waals surface area contributed by atoms with Gasteiger partial charge in [0.15, 0.2) is 0 Å². The largest absolute Gasteiger partial charge is 0.492 e. The van der Waals surface area contributed by atoms with Crippen molar-refractivity contribution in [2.24, 2.45) is 5.73 Å². The van der Waals surface area contributed by atoms with Gasteiger partial charge in [0.2, 0.25) is 5.91 Å². The molecule has 0 radical (unpaired) electrons. The molecule has 0 saturated carbocycles. The van der Waals surface area contributed by atoms with E-state index in [1.165, 1.54) is 6.92 Å². The van der Waals surface area contributed by atoms with Crippen molar-refractivity contribution in [1.29, 1.82) is 0 Å². The molecule has 0 saturated heterocycles. The Morgan fingerprint density at radius 2 is 1.86 bits per heavy atom. The van der Waals surface area contributed by atoms with Crippen LogP contribution in [0.3, 0.4) is 0 Å². The second-order valence-electron chi connectivity index (χ2n) is 9.60. The highest BCUT2D eigenvalue weighted by Crippen LogP contribution is 2.36. The lowest BCUT2D eigenvalue weighted by Gasteiger charge is -2.37. The first kappa shape index (κ1) is 28.2. The Labute approximate surface area is 219 Å². The van der Waals surface area contributed by atoms with Gasteiger partial charge in [-0.05, 0) is 79.6 Å². The highest BCUT2D eigenvalue weighted by molar-refractivity contribution is 5.99. The summed E-state index contributed by atoms with van der Waals surface area (Å²) in [7, 11) is 0. The van der Waals surface area contributed by atoms with E-state index in [2.05, 4.69) is 12.2 Å². The molecule has 1 aliphatic heterocycles. The number of hydrogen-bond acceptors (Lipinski definition) is 6. The van der Waals surface area contributed by atoms with E-state index in [-0.39, 0.29) is 11.8 Å². The fourth-order valence-electron chi connectivity index (χ4n) is 4.77. The quantitative estimate of drug-likeness (QED) is 0.277. The zero-order valence-electron chi connectivity index (χ0n) is 22.6. The molecular formula is C29H39N3O5. The number of nitrogens with two attached hydrogens (primary N) is 1. The van der Waals surface area contributed by atoms with Gasteiger partial charge in [0.05, 0.1) is 0 Å². The van der Waals surface area contributed by atoms with Crippen molar-refractivity contribution in [2.75, 3.05) is 25.0 Å². The second kappa shape index (κ2) is 12.7. The van der Waals surface area contributed by atoms with Crippen LogP contribution in [0, 0.1) is 20.8 Å². The molecule has 37 heavy (non-hydrogen) atoms. The Morgan fingerprint density at radius 3 is 2.54 bits per heavy atom. The van der Waals surface area contributed by atoms with E-state index < -0.39 is 12.0 Å². The predicted molar refractivity (Wildman–Crippen MR) is 144 cm³/mol. The number of amides is 2. The summed E-state index contributed by atoms with van der Waals surface area (Å²) in [6.45, 7) is 10.2. The number of aryl methyl sites for hydroxylation is 1. The van der Waals surface area contributed by atoms with Crippen LogP contribution in [0.1, 0.15) is 73.4 Å². The van der Waals surface area contributed by atoms with Crippen molar-refractivity contribution in [3.05, 3.63) is 52.1 Å². The molecule has 3 rings (SSSR count). The number of ether oxygens (including phenoxy) is 2. The molecule has 2 aromatic rings. The summed E-state index contributed by atoms with van der Waals surface area (Å²) in [6, 6.07) is 6.72. The third kappa shape index (κ3) is 6.68. The van der Waals surface area contributed by atoms with Gasteiger partial charge < -0.3 is 25.4 Å². The lowest BCUT2D eigenvalue weighted by molar-refractivity contribution is -0.139. The van der Waals surface area contributed by atoms with Crippen molar-refractivity contribution in [3.8, 4) is 11.5 Å². The molecule has 2 aromatic carbocycles. The molecule has 1 aliphatic rings. The molecule has 2 amide bonds. The Bertz CT molecular complexity index is 1160. The van der Waals surface area contributed by atoms with Crippen molar-refractivity contribution < 1.29 is 23.9 Å². The van der Waals surface area contributed by atoms with Crippen LogP contribution >= 0.6 is 0 Å². The van der Waals surface area contributed by atoms with Crippen molar-refractivity contribution >= 4 is 23.5 Å². The maximum atomic E-state index is 13.9. The normalized spacial score (nSPS) is 14.6. The van der Waals surface area contributed by atoms with E-state index in [4.69, 9.17) is 15.2 Å². The van der Waals surface area contributed by atoms with Gasteiger partial charge in [0.1, 0.15) is 24.1 Å². The third-order valence-electron chi connectivity index (χ3n) is 6.82. The van der Waals surface area contributed by atoms with Crippen LogP contribution in [0.5, 0.6) is 11.5 Å². The first-order chi connectivity index (χ1) is 17.7. The molecule has 0 aliphatic carbocycles. The standard InChI is InChI=1S/C29H39N3O5/c1-6-7-8-9-26(34)32-14-12-22-10-11-23(36-15-13-30)17-24(22)27(32)29(35)31-25-16-18(2)28(37-21(5)33)20(4)19(25)3/h10-11,16-17,27H,6-9,12-15,30H2,1-5H3,(H,31,35).